The zero-order valence-corrected chi connectivity index (χ0v) is 14.0. The summed E-state index contributed by atoms with van der Waals surface area (Å²) in [6.45, 7) is 8.45. The first-order chi connectivity index (χ1) is 9.49. The van der Waals surface area contributed by atoms with Gasteiger partial charge in [0, 0.05) is 12.5 Å². The van der Waals surface area contributed by atoms with Crippen LogP contribution in [0.25, 0.3) is 0 Å². The summed E-state index contributed by atoms with van der Waals surface area (Å²) < 4.78 is 0. The van der Waals surface area contributed by atoms with Crippen molar-refractivity contribution in [1.29, 1.82) is 0 Å². The lowest BCUT2D eigenvalue weighted by molar-refractivity contribution is -0.123. The van der Waals surface area contributed by atoms with Crippen molar-refractivity contribution in [1.82, 2.24) is 10.6 Å². The number of hydrogen-bond donors (Lipinski definition) is 2. The van der Waals surface area contributed by atoms with Crippen molar-refractivity contribution in [2.45, 2.75) is 45.1 Å². The highest BCUT2D eigenvalue weighted by Crippen LogP contribution is 2.26. The predicted molar refractivity (Wildman–Crippen MR) is 89.9 cm³/mol. The summed E-state index contributed by atoms with van der Waals surface area (Å²) in [5, 5.41) is 6.58. The van der Waals surface area contributed by atoms with Gasteiger partial charge in [0.1, 0.15) is 0 Å². The molecular formula is C17H27ClN2O. The molecule has 1 aliphatic heterocycles. The maximum absolute atomic E-state index is 12.3. The lowest BCUT2D eigenvalue weighted by Crippen LogP contribution is -2.49. The minimum Gasteiger partial charge on any atom is -0.353 e. The molecule has 0 bridgehead atoms. The topological polar surface area (TPSA) is 41.1 Å². The van der Waals surface area contributed by atoms with E-state index >= 15 is 0 Å². The van der Waals surface area contributed by atoms with Gasteiger partial charge in [0.2, 0.25) is 5.91 Å². The molecule has 21 heavy (non-hydrogen) atoms. The normalized spacial score (nSPS) is 22.2. The molecule has 118 valence electrons. The molecule has 4 heteroatoms. The molecule has 0 aliphatic carbocycles. The summed E-state index contributed by atoms with van der Waals surface area (Å²) in [7, 11) is 0. The van der Waals surface area contributed by atoms with E-state index in [9.17, 15) is 4.79 Å². The monoisotopic (exact) mass is 310 g/mol. The van der Waals surface area contributed by atoms with Crippen LogP contribution in [0.5, 0.6) is 0 Å². The summed E-state index contributed by atoms with van der Waals surface area (Å²) in [6.07, 6.45) is 1.56. The third-order valence-electron chi connectivity index (χ3n) is 4.29. The van der Waals surface area contributed by atoms with Gasteiger partial charge in [0.05, 0.1) is 0 Å². The van der Waals surface area contributed by atoms with Crippen molar-refractivity contribution in [2.24, 2.45) is 5.92 Å². The second kappa shape index (κ2) is 7.81. The molecule has 0 aromatic heterocycles. The SMILES string of the molecule is CC1CNCCC1NC(=O)CC(C)(C)c1ccccc1.Cl. The highest BCUT2D eigenvalue weighted by atomic mass is 35.5. The molecule has 1 aliphatic rings. The van der Waals surface area contributed by atoms with Gasteiger partial charge in [-0.25, -0.2) is 0 Å². The summed E-state index contributed by atoms with van der Waals surface area (Å²) in [5.41, 5.74) is 1.09. The molecule has 2 N–H and O–H groups in total. The van der Waals surface area contributed by atoms with Crippen LogP contribution in [-0.4, -0.2) is 25.0 Å². The fraction of sp³-hybridized carbons (Fsp3) is 0.588. The first-order valence-electron chi connectivity index (χ1n) is 7.54. The smallest absolute Gasteiger partial charge is 0.221 e. The van der Waals surface area contributed by atoms with Crippen LogP contribution in [0.15, 0.2) is 30.3 Å². The number of halogens is 1. The van der Waals surface area contributed by atoms with Crippen molar-refractivity contribution in [3.63, 3.8) is 0 Å². The molecule has 2 unspecified atom stereocenters. The van der Waals surface area contributed by atoms with E-state index < -0.39 is 0 Å². The van der Waals surface area contributed by atoms with E-state index in [0.717, 1.165) is 19.5 Å². The first kappa shape index (κ1) is 18.0. The zero-order valence-electron chi connectivity index (χ0n) is 13.2. The van der Waals surface area contributed by atoms with Gasteiger partial charge in [-0.15, -0.1) is 12.4 Å². The highest BCUT2D eigenvalue weighted by Gasteiger charge is 2.27. The Kier molecular flexibility index (Phi) is 6.69. The molecule has 1 amide bonds. The Labute approximate surface area is 134 Å². The number of nitrogens with one attached hydrogen (secondary N) is 2. The van der Waals surface area contributed by atoms with Gasteiger partial charge in [-0.05, 0) is 36.4 Å². The van der Waals surface area contributed by atoms with Crippen molar-refractivity contribution >= 4 is 18.3 Å². The largest absolute Gasteiger partial charge is 0.353 e. The molecule has 3 nitrogen and oxygen atoms in total. The molecular weight excluding hydrogens is 284 g/mol. The van der Waals surface area contributed by atoms with Crippen molar-refractivity contribution in [3.8, 4) is 0 Å². The maximum atomic E-state index is 12.3. The van der Waals surface area contributed by atoms with Gasteiger partial charge >= 0.3 is 0 Å². The number of hydrogen-bond acceptors (Lipinski definition) is 2. The molecule has 1 saturated heterocycles. The van der Waals surface area contributed by atoms with Crippen LogP contribution >= 0.6 is 12.4 Å². The minimum atomic E-state index is -0.124. The number of carbonyl (C=O) groups excluding carboxylic acids is 1. The number of carbonyl (C=O) groups is 1. The number of amides is 1. The van der Waals surface area contributed by atoms with E-state index in [4.69, 9.17) is 0 Å². The van der Waals surface area contributed by atoms with Crippen LogP contribution in [0.1, 0.15) is 39.2 Å². The first-order valence-corrected chi connectivity index (χ1v) is 7.54. The van der Waals surface area contributed by atoms with E-state index in [-0.39, 0.29) is 23.7 Å². The van der Waals surface area contributed by atoms with Gasteiger partial charge in [0.25, 0.3) is 0 Å². The summed E-state index contributed by atoms with van der Waals surface area (Å²) in [5.74, 6) is 0.671. The van der Waals surface area contributed by atoms with Crippen LogP contribution in [0.3, 0.4) is 0 Å². The third kappa shape index (κ3) is 5.01. The highest BCUT2D eigenvalue weighted by molar-refractivity contribution is 5.85. The van der Waals surface area contributed by atoms with Gasteiger partial charge in [-0.3, -0.25) is 4.79 Å². The summed E-state index contributed by atoms with van der Waals surface area (Å²) >= 11 is 0. The summed E-state index contributed by atoms with van der Waals surface area (Å²) in [6, 6.07) is 10.6. The molecule has 0 saturated carbocycles. The molecule has 2 atom stereocenters. The van der Waals surface area contributed by atoms with Gasteiger partial charge in [0.15, 0.2) is 0 Å². The van der Waals surface area contributed by atoms with Crippen LogP contribution in [0.4, 0.5) is 0 Å². The average Bonchev–Trinajstić information content (AvgIpc) is 2.42. The lowest BCUT2D eigenvalue weighted by atomic mass is 9.81. The molecule has 1 aromatic rings. The number of rotatable bonds is 4. The van der Waals surface area contributed by atoms with Crippen molar-refractivity contribution in [3.05, 3.63) is 35.9 Å². The Morgan fingerprint density at radius 1 is 1.33 bits per heavy atom. The Hall–Kier alpha value is -1.06. The Morgan fingerprint density at radius 3 is 2.62 bits per heavy atom. The van der Waals surface area contributed by atoms with Gasteiger partial charge in [-0.1, -0.05) is 51.1 Å². The second-order valence-electron chi connectivity index (χ2n) is 6.57. The van der Waals surface area contributed by atoms with E-state index in [0.29, 0.717) is 18.4 Å². The van der Waals surface area contributed by atoms with Crippen LogP contribution < -0.4 is 10.6 Å². The molecule has 1 heterocycles. The van der Waals surface area contributed by atoms with Gasteiger partial charge < -0.3 is 10.6 Å². The number of benzene rings is 1. The minimum absolute atomic E-state index is 0. The van der Waals surface area contributed by atoms with Crippen molar-refractivity contribution < 1.29 is 4.79 Å². The van der Waals surface area contributed by atoms with Gasteiger partial charge in [-0.2, -0.15) is 0 Å². The van der Waals surface area contributed by atoms with Crippen LogP contribution in [0, 0.1) is 5.92 Å². The standard InChI is InChI=1S/C17H26N2O.ClH/c1-13-12-18-10-9-15(13)19-16(20)11-17(2,3)14-7-5-4-6-8-14;/h4-8,13,15,18H,9-12H2,1-3H3,(H,19,20);1H. The molecule has 0 spiro atoms. The molecule has 1 aromatic carbocycles. The van der Waals surface area contributed by atoms with E-state index in [1.54, 1.807) is 0 Å². The van der Waals surface area contributed by atoms with Crippen LogP contribution in [0.2, 0.25) is 0 Å². The maximum Gasteiger partial charge on any atom is 0.221 e. The average molecular weight is 311 g/mol. The fourth-order valence-corrected chi connectivity index (χ4v) is 2.88. The quantitative estimate of drug-likeness (QED) is 0.898. The second-order valence-corrected chi connectivity index (χ2v) is 6.57. The van der Waals surface area contributed by atoms with Crippen molar-refractivity contribution in [2.75, 3.05) is 13.1 Å². The molecule has 2 rings (SSSR count). The Bertz CT molecular complexity index is 447. The third-order valence-corrected chi connectivity index (χ3v) is 4.29. The number of piperidine rings is 1. The Balaban J connectivity index is 0.00000220. The fourth-order valence-electron chi connectivity index (χ4n) is 2.88. The summed E-state index contributed by atoms with van der Waals surface area (Å²) in [4.78, 5) is 12.3. The van der Waals surface area contributed by atoms with E-state index in [2.05, 4.69) is 43.5 Å². The van der Waals surface area contributed by atoms with Crippen LogP contribution in [-0.2, 0) is 10.2 Å². The van der Waals surface area contributed by atoms with E-state index in [1.807, 2.05) is 18.2 Å². The molecule has 0 radical (unpaired) electrons. The lowest BCUT2D eigenvalue weighted by Gasteiger charge is -2.32. The molecule has 1 fully saturated rings. The predicted octanol–water partition coefficient (Wildman–Crippen LogP) is 2.89. The Morgan fingerprint density at radius 2 is 2.00 bits per heavy atom. The zero-order chi connectivity index (χ0) is 14.6. The van der Waals surface area contributed by atoms with E-state index in [1.165, 1.54) is 5.56 Å².